The zero-order valence-electron chi connectivity index (χ0n) is 14.2. The molecule has 2 aliphatic rings. The van der Waals surface area contributed by atoms with Crippen LogP contribution in [-0.4, -0.2) is 44.6 Å². The minimum Gasteiger partial charge on any atom is -0.380 e. The number of rotatable bonds is 2. The fraction of sp³-hybridized carbons (Fsp3) is 0.579. The number of H-pyrrole nitrogens is 1. The molecular weight excluding hydrogens is 302 g/mol. The molecule has 0 radical (unpaired) electrons. The number of aryl methyl sites for hydroxylation is 1. The third-order valence-corrected chi connectivity index (χ3v) is 5.58. The summed E-state index contributed by atoms with van der Waals surface area (Å²) >= 11 is 0. The van der Waals surface area contributed by atoms with Crippen LogP contribution in [0.1, 0.15) is 55.8 Å². The Kier molecular flexibility index (Phi) is 3.83. The lowest BCUT2D eigenvalue weighted by molar-refractivity contribution is -0.152. The van der Waals surface area contributed by atoms with E-state index < -0.39 is 5.60 Å². The highest BCUT2D eigenvalue weighted by molar-refractivity contribution is 5.85. The first-order valence-electron chi connectivity index (χ1n) is 9.03. The van der Waals surface area contributed by atoms with Crippen LogP contribution in [0.3, 0.4) is 0 Å². The normalized spacial score (nSPS) is 23.8. The van der Waals surface area contributed by atoms with Gasteiger partial charge in [-0.05, 0) is 63.1 Å². The zero-order valence-corrected chi connectivity index (χ0v) is 14.2. The molecule has 1 unspecified atom stereocenters. The summed E-state index contributed by atoms with van der Waals surface area (Å²) in [5.41, 5.74) is 2.13. The van der Waals surface area contributed by atoms with Gasteiger partial charge in [-0.1, -0.05) is 6.07 Å². The summed E-state index contributed by atoms with van der Waals surface area (Å²) in [6.07, 6.45) is 5.10. The number of likely N-dealkylation sites (tertiary alicyclic amines) is 1. The minimum absolute atomic E-state index is 0.0725. The van der Waals surface area contributed by atoms with Crippen LogP contribution in [0.4, 0.5) is 0 Å². The number of imidazole rings is 1. The number of carbonyl (C=O) groups is 1. The van der Waals surface area contributed by atoms with Crippen molar-refractivity contribution in [1.82, 2.24) is 14.9 Å². The molecule has 0 bridgehead atoms. The Hall–Kier alpha value is -1.88. The lowest BCUT2D eigenvalue weighted by atomic mass is 9.94. The van der Waals surface area contributed by atoms with Crippen LogP contribution < -0.4 is 0 Å². The number of carbonyl (C=O) groups excluding carboxylic acids is 1. The van der Waals surface area contributed by atoms with Gasteiger partial charge in [0, 0.05) is 19.0 Å². The van der Waals surface area contributed by atoms with Crippen LogP contribution in [0.15, 0.2) is 18.2 Å². The van der Waals surface area contributed by atoms with Gasteiger partial charge in [0.05, 0.1) is 11.0 Å². The third kappa shape index (κ3) is 2.71. The summed E-state index contributed by atoms with van der Waals surface area (Å²) in [4.78, 5) is 22.8. The van der Waals surface area contributed by atoms with Gasteiger partial charge in [0.25, 0.3) is 5.91 Å². The summed E-state index contributed by atoms with van der Waals surface area (Å²) in [6, 6.07) is 6.22. The first kappa shape index (κ1) is 15.6. The van der Waals surface area contributed by atoms with E-state index in [1.165, 1.54) is 5.56 Å². The molecule has 4 rings (SSSR count). The first-order valence-corrected chi connectivity index (χ1v) is 9.03. The van der Waals surface area contributed by atoms with Crippen molar-refractivity contribution in [2.24, 2.45) is 0 Å². The molecule has 2 heterocycles. The maximum absolute atomic E-state index is 12.8. The van der Waals surface area contributed by atoms with Crippen molar-refractivity contribution >= 4 is 16.9 Å². The van der Waals surface area contributed by atoms with Crippen molar-refractivity contribution in [2.75, 3.05) is 13.1 Å². The van der Waals surface area contributed by atoms with E-state index in [1.807, 2.05) is 11.0 Å². The number of amides is 1. The van der Waals surface area contributed by atoms with Gasteiger partial charge in [0.1, 0.15) is 11.4 Å². The van der Waals surface area contributed by atoms with Gasteiger partial charge in [-0.3, -0.25) is 4.79 Å². The monoisotopic (exact) mass is 327 g/mol. The molecule has 2 aromatic rings. The lowest BCUT2D eigenvalue weighted by Crippen LogP contribution is -2.50. The van der Waals surface area contributed by atoms with E-state index in [-0.39, 0.29) is 11.8 Å². The molecule has 24 heavy (non-hydrogen) atoms. The fourth-order valence-corrected chi connectivity index (χ4v) is 4.19. The summed E-state index contributed by atoms with van der Waals surface area (Å²) in [5.74, 6) is 1.11. The van der Waals surface area contributed by atoms with Gasteiger partial charge < -0.3 is 15.0 Å². The maximum atomic E-state index is 12.8. The molecule has 2 N–H and O–H groups in total. The van der Waals surface area contributed by atoms with Gasteiger partial charge in [-0.2, -0.15) is 0 Å². The average molecular weight is 327 g/mol. The van der Waals surface area contributed by atoms with Gasteiger partial charge >= 0.3 is 0 Å². The van der Waals surface area contributed by atoms with Gasteiger partial charge in [0.2, 0.25) is 0 Å². The van der Waals surface area contributed by atoms with Crippen molar-refractivity contribution in [3.63, 3.8) is 0 Å². The van der Waals surface area contributed by atoms with Crippen LogP contribution in [0.5, 0.6) is 0 Å². The molecule has 0 spiro atoms. The topological polar surface area (TPSA) is 69.2 Å². The Bertz CT molecular complexity index is 761. The molecule has 1 aliphatic carbocycles. The highest BCUT2D eigenvalue weighted by atomic mass is 16.3. The molecule has 2 fully saturated rings. The van der Waals surface area contributed by atoms with Crippen LogP contribution in [0, 0.1) is 6.92 Å². The quantitative estimate of drug-likeness (QED) is 0.891. The molecule has 128 valence electrons. The standard InChI is InChI=1S/C19H25N3O2/c1-13-6-7-15-16(11-13)21-17(20-15)14-5-4-10-22(12-14)18(23)19(24)8-2-3-9-19/h6-7,11,14,24H,2-5,8-10,12H2,1H3,(H,20,21). The third-order valence-electron chi connectivity index (χ3n) is 5.58. The Morgan fingerprint density at radius 3 is 2.92 bits per heavy atom. The predicted octanol–water partition coefficient (Wildman–Crippen LogP) is 2.88. The molecule has 5 nitrogen and oxygen atoms in total. The van der Waals surface area contributed by atoms with Crippen LogP contribution >= 0.6 is 0 Å². The Labute approximate surface area is 142 Å². The second kappa shape index (κ2) is 5.88. The van der Waals surface area contributed by atoms with Crippen LogP contribution in [0.25, 0.3) is 11.0 Å². The van der Waals surface area contributed by atoms with Gasteiger partial charge in [0.15, 0.2) is 0 Å². The number of fused-ring (bicyclic) bond motifs is 1. The number of aromatic nitrogens is 2. The molecule has 1 aliphatic heterocycles. The lowest BCUT2D eigenvalue weighted by Gasteiger charge is -2.36. The van der Waals surface area contributed by atoms with Gasteiger partial charge in [-0.15, -0.1) is 0 Å². The number of hydrogen-bond acceptors (Lipinski definition) is 3. The largest absolute Gasteiger partial charge is 0.380 e. The zero-order chi connectivity index (χ0) is 16.7. The molecular formula is C19H25N3O2. The number of aromatic amines is 1. The fourth-order valence-electron chi connectivity index (χ4n) is 4.19. The molecule has 1 saturated heterocycles. The average Bonchev–Trinajstić information content (AvgIpc) is 3.21. The predicted molar refractivity (Wildman–Crippen MR) is 92.8 cm³/mol. The molecule has 1 atom stereocenters. The van der Waals surface area contributed by atoms with Crippen molar-refractivity contribution in [3.8, 4) is 0 Å². The van der Waals surface area contributed by atoms with E-state index in [0.717, 1.165) is 49.1 Å². The summed E-state index contributed by atoms with van der Waals surface area (Å²) in [6.45, 7) is 3.47. The van der Waals surface area contributed by atoms with E-state index in [2.05, 4.69) is 24.0 Å². The van der Waals surface area contributed by atoms with E-state index >= 15 is 0 Å². The minimum atomic E-state index is -1.12. The highest BCUT2D eigenvalue weighted by Gasteiger charge is 2.42. The van der Waals surface area contributed by atoms with Crippen LogP contribution in [-0.2, 0) is 4.79 Å². The molecule has 5 heteroatoms. The second-order valence-electron chi connectivity index (χ2n) is 7.47. The molecule has 1 saturated carbocycles. The van der Waals surface area contributed by atoms with Crippen molar-refractivity contribution in [3.05, 3.63) is 29.6 Å². The number of nitrogens with one attached hydrogen (secondary N) is 1. The molecule has 1 aromatic carbocycles. The summed E-state index contributed by atoms with van der Waals surface area (Å²) in [7, 11) is 0. The van der Waals surface area contributed by atoms with E-state index in [9.17, 15) is 9.90 Å². The highest BCUT2D eigenvalue weighted by Crippen LogP contribution is 2.34. The Balaban J connectivity index is 1.54. The van der Waals surface area contributed by atoms with E-state index in [0.29, 0.717) is 19.4 Å². The van der Waals surface area contributed by atoms with Gasteiger partial charge in [-0.25, -0.2) is 4.98 Å². The second-order valence-corrected chi connectivity index (χ2v) is 7.47. The summed E-state index contributed by atoms with van der Waals surface area (Å²) in [5, 5.41) is 10.6. The number of nitrogens with zero attached hydrogens (tertiary/aromatic N) is 2. The van der Waals surface area contributed by atoms with Crippen molar-refractivity contribution < 1.29 is 9.90 Å². The van der Waals surface area contributed by atoms with Crippen molar-refractivity contribution in [1.29, 1.82) is 0 Å². The Morgan fingerprint density at radius 1 is 1.33 bits per heavy atom. The number of hydrogen-bond donors (Lipinski definition) is 2. The molecule has 1 amide bonds. The van der Waals surface area contributed by atoms with E-state index in [1.54, 1.807) is 0 Å². The number of aliphatic hydroxyl groups is 1. The Morgan fingerprint density at radius 2 is 2.12 bits per heavy atom. The van der Waals surface area contributed by atoms with Crippen molar-refractivity contribution in [2.45, 2.75) is 57.0 Å². The summed E-state index contributed by atoms with van der Waals surface area (Å²) < 4.78 is 0. The number of benzene rings is 1. The SMILES string of the molecule is Cc1ccc2nc(C3CCCN(C(=O)C4(O)CCCC4)C3)[nH]c2c1. The number of piperidine rings is 1. The molecule has 1 aromatic heterocycles. The van der Waals surface area contributed by atoms with E-state index in [4.69, 9.17) is 4.98 Å². The smallest absolute Gasteiger partial charge is 0.254 e. The van der Waals surface area contributed by atoms with Crippen LogP contribution in [0.2, 0.25) is 0 Å². The maximum Gasteiger partial charge on any atom is 0.254 e. The first-order chi connectivity index (χ1) is 11.5.